The second kappa shape index (κ2) is 8.34. The number of halogens is 4. The Morgan fingerprint density at radius 2 is 1.08 bits per heavy atom. The van der Waals surface area contributed by atoms with Crippen LogP contribution in [0.3, 0.4) is 0 Å². The third kappa shape index (κ3) is 10.7. The molecular weight excluding hydrogens is 420 g/mol. The minimum atomic E-state index is 0.825. The highest BCUT2D eigenvalue weighted by Gasteiger charge is 1.75. The molecule has 2 nitrogen and oxygen atoms in total. The van der Waals surface area contributed by atoms with Crippen LogP contribution in [0.5, 0.6) is 0 Å². The largest absolute Gasteiger partial charge is 0.159 e. The zero-order chi connectivity index (χ0) is 9.40. The smallest absolute Gasteiger partial charge is 0.0620 e. The highest BCUT2D eigenvalue weighted by Crippen LogP contribution is 2.11. The number of hydrogen-bond donors (Lipinski definition) is 0. The van der Waals surface area contributed by atoms with Gasteiger partial charge in [0.15, 0.2) is 0 Å². The molecular formula is C6H4Br4N2. The molecule has 0 saturated heterocycles. The Bertz CT molecular complexity index is 208. The molecule has 66 valence electrons. The molecule has 0 bridgehead atoms. The maximum Gasteiger partial charge on any atom is 0.0620 e. The van der Waals surface area contributed by atoms with Crippen molar-refractivity contribution in [3.05, 3.63) is 18.9 Å². The molecule has 0 aromatic carbocycles. The molecule has 12 heavy (non-hydrogen) atoms. The van der Waals surface area contributed by atoms with Crippen molar-refractivity contribution in [3.63, 3.8) is 0 Å². The second-order valence-corrected chi connectivity index (χ2v) is 6.99. The summed E-state index contributed by atoms with van der Waals surface area (Å²) in [5.41, 5.74) is 0. The van der Waals surface area contributed by atoms with Gasteiger partial charge in [-0.15, -0.1) is 0 Å². The molecule has 6 heteroatoms. The summed E-state index contributed by atoms with van der Waals surface area (Å²) in [4.78, 5) is 0. The maximum absolute atomic E-state index is 3.71. The lowest BCUT2D eigenvalue weighted by atomic mass is 10.7. The third-order valence-electron chi connectivity index (χ3n) is 0.601. The number of rotatable bonds is 3. The van der Waals surface area contributed by atoms with Crippen LogP contribution in [0.2, 0.25) is 0 Å². The van der Waals surface area contributed by atoms with Crippen LogP contribution in [0.1, 0.15) is 0 Å². The average Bonchev–Trinajstić information content (AvgIpc) is 1.95. The standard InChI is InChI=1S/C6H4Br4N2/c7-5(8)1-3-11-12-4-2-6(9)10/h1-4H/b11-3-,12-4-. The molecule has 0 atom stereocenters. The van der Waals surface area contributed by atoms with E-state index < -0.39 is 0 Å². The van der Waals surface area contributed by atoms with Crippen molar-refractivity contribution >= 4 is 76.1 Å². The van der Waals surface area contributed by atoms with Crippen LogP contribution in [-0.2, 0) is 0 Å². The SMILES string of the molecule is BrC(Br)=C/C=N\N=C/C=C(Br)Br. The predicted molar refractivity (Wildman–Crippen MR) is 68.9 cm³/mol. The summed E-state index contributed by atoms with van der Waals surface area (Å²) in [6.45, 7) is 0. The van der Waals surface area contributed by atoms with Crippen LogP contribution in [0, 0.1) is 0 Å². The normalized spacial score (nSPS) is 10.7. The Morgan fingerprint density at radius 3 is 1.33 bits per heavy atom. The van der Waals surface area contributed by atoms with Crippen molar-refractivity contribution in [2.45, 2.75) is 0 Å². The molecule has 0 aliphatic rings. The van der Waals surface area contributed by atoms with Crippen molar-refractivity contribution in [2.24, 2.45) is 10.2 Å². The van der Waals surface area contributed by atoms with Crippen molar-refractivity contribution < 1.29 is 0 Å². The van der Waals surface area contributed by atoms with E-state index in [1.165, 1.54) is 0 Å². The minimum Gasteiger partial charge on any atom is -0.159 e. The van der Waals surface area contributed by atoms with E-state index in [0.717, 1.165) is 6.78 Å². The van der Waals surface area contributed by atoms with E-state index in [1.54, 1.807) is 24.6 Å². The fraction of sp³-hybridized carbons (Fsp3) is 0. The van der Waals surface area contributed by atoms with Gasteiger partial charge in [-0.3, -0.25) is 0 Å². The van der Waals surface area contributed by atoms with E-state index in [0.29, 0.717) is 0 Å². The van der Waals surface area contributed by atoms with E-state index in [4.69, 9.17) is 0 Å². The second-order valence-electron chi connectivity index (χ2n) is 1.44. The topological polar surface area (TPSA) is 24.7 Å². The van der Waals surface area contributed by atoms with Gasteiger partial charge in [-0.25, -0.2) is 0 Å². The van der Waals surface area contributed by atoms with E-state index in [-0.39, 0.29) is 0 Å². The van der Waals surface area contributed by atoms with Crippen LogP contribution in [-0.4, -0.2) is 12.4 Å². The van der Waals surface area contributed by atoms with Crippen LogP contribution in [0.4, 0.5) is 0 Å². The quantitative estimate of drug-likeness (QED) is 0.477. The van der Waals surface area contributed by atoms with Crippen molar-refractivity contribution in [2.75, 3.05) is 0 Å². The Labute approximate surface area is 104 Å². The average molecular weight is 424 g/mol. The summed E-state index contributed by atoms with van der Waals surface area (Å²) in [6, 6.07) is 0. The Kier molecular flexibility index (Phi) is 8.86. The molecule has 0 aromatic rings. The summed E-state index contributed by atoms with van der Waals surface area (Å²) in [6.07, 6.45) is 6.57. The van der Waals surface area contributed by atoms with Crippen LogP contribution >= 0.6 is 63.7 Å². The van der Waals surface area contributed by atoms with E-state index in [9.17, 15) is 0 Å². The number of nitrogens with zero attached hydrogens (tertiary/aromatic N) is 2. The molecule has 0 aliphatic carbocycles. The highest BCUT2D eigenvalue weighted by atomic mass is 79.9. The molecule has 0 radical (unpaired) electrons. The maximum atomic E-state index is 3.71. The zero-order valence-corrected chi connectivity index (χ0v) is 12.1. The molecule has 0 aromatic heterocycles. The summed E-state index contributed by atoms with van der Waals surface area (Å²) in [5.74, 6) is 0. The first-order chi connectivity index (χ1) is 5.63. The summed E-state index contributed by atoms with van der Waals surface area (Å²) in [7, 11) is 0. The zero-order valence-electron chi connectivity index (χ0n) is 5.72. The molecule has 0 aliphatic heterocycles. The Morgan fingerprint density at radius 1 is 0.750 bits per heavy atom. The molecule has 0 N–H and O–H groups in total. The van der Waals surface area contributed by atoms with Gasteiger partial charge >= 0.3 is 0 Å². The lowest BCUT2D eigenvalue weighted by Gasteiger charge is -1.77. The van der Waals surface area contributed by atoms with Crippen molar-refractivity contribution in [1.29, 1.82) is 0 Å². The molecule has 0 saturated carbocycles. The van der Waals surface area contributed by atoms with Gasteiger partial charge in [0.25, 0.3) is 0 Å². The molecule has 0 rings (SSSR count). The molecule has 0 spiro atoms. The molecule has 0 fully saturated rings. The number of hydrogen-bond acceptors (Lipinski definition) is 2. The molecule has 0 amide bonds. The van der Waals surface area contributed by atoms with Crippen LogP contribution < -0.4 is 0 Å². The van der Waals surface area contributed by atoms with Crippen molar-refractivity contribution in [3.8, 4) is 0 Å². The Balaban J connectivity index is 3.83. The predicted octanol–water partition coefficient (Wildman–Crippen LogP) is 4.31. The van der Waals surface area contributed by atoms with Gasteiger partial charge in [-0.05, 0) is 75.9 Å². The van der Waals surface area contributed by atoms with Gasteiger partial charge in [-0.2, -0.15) is 10.2 Å². The van der Waals surface area contributed by atoms with E-state index in [2.05, 4.69) is 73.9 Å². The van der Waals surface area contributed by atoms with Crippen molar-refractivity contribution in [1.82, 2.24) is 0 Å². The fourth-order valence-electron chi connectivity index (χ4n) is 0.256. The van der Waals surface area contributed by atoms with Gasteiger partial charge in [-0.1, -0.05) is 0 Å². The van der Waals surface area contributed by atoms with E-state index in [1.807, 2.05) is 0 Å². The highest BCUT2D eigenvalue weighted by molar-refractivity contribution is 9.28. The summed E-state index contributed by atoms with van der Waals surface area (Å²) in [5, 5.41) is 7.41. The van der Waals surface area contributed by atoms with Gasteiger partial charge in [0.05, 0.1) is 19.2 Å². The summed E-state index contributed by atoms with van der Waals surface area (Å²) >= 11 is 12.7. The number of allylic oxidation sites excluding steroid dienone is 2. The van der Waals surface area contributed by atoms with E-state index >= 15 is 0 Å². The molecule has 0 heterocycles. The van der Waals surface area contributed by atoms with Gasteiger partial charge in [0.2, 0.25) is 0 Å². The fourth-order valence-corrected chi connectivity index (χ4v) is 0.729. The lowest BCUT2D eigenvalue weighted by molar-refractivity contribution is 1.27. The van der Waals surface area contributed by atoms with Gasteiger partial charge in [0.1, 0.15) is 0 Å². The first-order valence-corrected chi connectivity index (χ1v) is 5.89. The summed E-state index contributed by atoms with van der Waals surface area (Å²) < 4.78 is 1.65. The monoisotopic (exact) mass is 420 g/mol. The van der Waals surface area contributed by atoms with Gasteiger partial charge < -0.3 is 0 Å². The van der Waals surface area contributed by atoms with Gasteiger partial charge in [0, 0.05) is 0 Å². The minimum absolute atomic E-state index is 0.825. The first kappa shape index (κ1) is 12.7. The first-order valence-electron chi connectivity index (χ1n) is 2.72. The van der Waals surface area contributed by atoms with Crippen LogP contribution in [0.25, 0.3) is 0 Å². The third-order valence-corrected chi connectivity index (χ3v) is 1.66. The Hall–Kier alpha value is 0.740. The van der Waals surface area contributed by atoms with Crippen LogP contribution in [0.15, 0.2) is 29.1 Å². The lowest BCUT2D eigenvalue weighted by Crippen LogP contribution is -1.65. The molecule has 0 unspecified atom stereocenters.